The van der Waals surface area contributed by atoms with Crippen LogP contribution in [-0.2, 0) is 19.1 Å². The fourth-order valence-corrected chi connectivity index (χ4v) is 0.833. The molecule has 0 heterocycles. The van der Waals surface area contributed by atoms with Crippen LogP contribution in [-0.4, -0.2) is 35.3 Å². The predicted molar refractivity (Wildman–Crippen MR) is 54.1 cm³/mol. The number of carbonyl (C=O) groups excluding carboxylic acids is 2. The SMILES string of the molecule is CC(COC(=O)CBr)OC(=O)CBr. The number of esters is 2. The van der Waals surface area contributed by atoms with Gasteiger partial charge in [0.05, 0.1) is 0 Å². The van der Waals surface area contributed by atoms with Gasteiger partial charge in [-0.05, 0) is 6.92 Å². The van der Waals surface area contributed by atoms with E-state index in [2.05, 4.69) is 31.9 Å². The topological polar surface area (TPSA) is 52.6 Å². The molecule has 1 atom stereocenters. The lowest BCUT2D eigenvalue weighted by molar-refractivity contribution is -0.154. The fourth-order valence-electron chi connectivity index (χ4n) is 0.539. The first-order valence-electron chi connectivity index (χ1n) is 3.57. The van der Waals surface area contributed by atoms with Crippen molar-refractivity contribution in [1.29, 1.82) is 0 Å². The van der Waals surface area contributed by atoms with Crippen molar-refractivity contribution >= 4 is 43.8 Å². The van der Waals surface area contributed by atoms with Crippen LogP contribution in [0.1, 0.15) is 6.92 Å². The molecular weight excluding hydrogens is 308 g/mol. The average molecular weight is 318 g/mol. The van der Waals surface area contributed by atoms with E-state index >= 15 is 0 Å². The predicted octanol–water partition coefficient (Wildman–Crippen LogP) is 1.25. The van der Waals surface area contributed by atoms with Gasteiger partial charge in [0.1, 0.15) is 23.4 Å². The second kappa shape index (κ2) is 7.32. The third kappa shape index (κ3) is 7.01. The van der Waals surface area contributed by atoms with Crippen molar-refractivity contribution in [3.63, 3.8) is 0 Å². The van der Waals surface area contributed by atoms with Crippen molar-refractivity contribution in [1.82, 2.24) is 0 Å². The summed E-state index contributed by atoms with van der Waals surface area (Å²) < 4.78 is 9.54. The highest BCUT2D eigenvalue weighted by molar-refractivity contribution is 9.09. The molecule has 0 aromatic rings. The highest BCUT2D eigenvalue weighted by atomic mass is 79.9. The molecular formula is C7H10Br2O4. The van der Waals surface area contributed by atoms with E-state index in [1.807, 2.05) is 0 Å². The molecule has 0 amide bonds. The lowest BCUT2D eigenvalue weighted by atomic mass is 10.4. The maximum absolute atomic E-state index is 10.7. The van der Waals surface area contributed by atoms with E-state index < -0.39 is 6.10 Å². The molecule has 1 unspecified atom stereocenters. The summed E-state index contributed by atoms with van der Waals surface area (Å²) in [4.78, 5) is 21.4. The average Bonchev–Trinajstić information content (AvgIpc) is 2.13. The second-order valence-corrected chi connectivity index (χ2v) is 3.37. The Labute approximate surface area is 93.2 Å². The van der Waals surface area contributed by atoms with Crippen LogP contribution in [0.2, 0.25) is 0 Å². The quantitative estimate of drug-likeness (QED) is 0.566. The molecule has 0 bridgehead atoms. The Morgan fingerprint density at radius 2 is 1.77 bits per heavy atom. The summed E-state index contributed by atoms with van der Waals surface area (Å²) in [6, 6.07) is 0. The number of carbonyl (C=O) groups is 2. The molecule has 0 aromatic carbocycles. The highest BCUT2D eigenvalue weighted by Crippen LogP contribution is 1.96. The van der Waals surface area contributed by atoms with Gasteiger partial charge in [0.2, 0.25) is 0 Å². The van der Waals surface area contributed by atoms with Gasteiger partial charge in [0, 0.05) is 0 Å². The van der Waals surface area contributed by atoms with Crippen molar-refractivity contribution in [2.24, 2.45) is 0 Å². The lowest BCUT2D eigenvalue weighted by Crippen LogP contribution is -2.23. The van der Waals surface area contributed by atoms with Crippen LogP contribution in [0.3, 0.4) is 0 Å². The van der Waals surface area contributed by atoms with E-state index in [9.17, 15) is 9.59 Å². The summed E-state index contributed by atoms with van der Waals surface area (Å²) in [5.74, 6) is -0.746. The van der Waals surface area contributed by atoms with Gasteiger partial charge in [0.15, 0.2) is 0 Å². The first kappa shape index (κ1) is 12.9. The Kier molecular flexibility index (Phi) is 7.26. The van der Waals surface area contributed by atoms with E-state index in [0.717, 1.165) is 0 Å². The molecule has 0 radical (unpaired) electrons. The summed E-state index contributed by atoms with van der Waals surface area (Å²) in [7, 11) is 0. The minimum absolute atomic E-state index is 0.0865. The van der Waals surface area contributed by atoms with E-state index in [4.69, 9.17) is 9.47 Å². The van der Waals surface area contributed by atoms with Gasteiger partial charge in [-0.1, -0.05) is 31.9 Å². The molecule has 0 aromatic heterocycles. The zero-order valence-electron chi connectivity index (χ0n) is 7.09. The van der Waals surface area contributed by atoms with Gasteiger partial charge < -0.3 is 9.47 Å². The second-order valence-electron chi connectivity index (χ2n) is 2.25. The van der Waals surface area contributed by atoms with Gasteiger partial charge in [0.25, 0.3) is 0 Å². The first-order valence-corrected chi connectivity index (χ1v) is 5.81. The number of halogens is 2. The van der Waals surface area contributed by atoms with Crippen LogP contribution in [0.25, 0.3) is 0 Å². The molecule has 76 valence electrons. The van der Waals surface area contributed by atoms with Gasteiger partial charge >= 0.3 is 11.9 Å². The van der Waals surface area contributed by atoms with Crippen molar-refractivity contribution < 1.29 is 19.1 Å². The zero-order chi connectivity index (χ0) is 10.3. The van der Waals surface area contributed by atoms with Gasteiger partial charge in [-0.3, -0.25) is 9.59 Å². The van der Waals surface area contributed by atoms with E-state index in [0.29, 0.717) is 0 Å². The van der Waals surface area contributed by atoms with Gasteiger partial charge in [-0.25, -0.2) is 0 Å². The monoisotopic (exact) mass is 316 g/mol. The molecule has 0 fully saturated rings. The third-order valence-electron chi connectivity index (χ3n) is 1.03. The zero-order valence-corrected chi connectivity index (χ0v) is 10.3. The Morgan fingerprint density at radius 3 is 2.23 bits per heavy atom. The van der Waals surface area contributed by atoms with E-state index in [-0.39, 0.29) is 29.2 Å². The van der Waals surface area contributed by atoms with Gasteiger partial charge in [-0.2, -0.15) is 0 Å². The molecule has 0 saturated carbocycles. The van der Waals surface area contributed by atoms with Crippen molar-refractivity contribution in [3.05, 3.63) is 0 Å². The van der Waals surface area contributed by atoms with Crippen LogP contribution in [0.15, 0.2) is 0 Å². The smallest absolute Gasteiger partial charge is 0.316 e. The number of rotatable bonds is 5. The summed E-state index contributed by atoms with van der Waals surface area (Å²) in [6.07, 6.45) is -0.409. The molecule has 13 heavy (non-hydrogen) atoms. The highest BCUT2D eigenvalue weighted by Gasteiger charge is 2.10. The standard InChI is InChI=1S/C7H10Br2O4/c1-5(13-7(11)3-9)4-12-6(10)2-8/h5H,2-4H2,1H3. The van der Waals surface area contributed by atoms with Crippen LogP contribution < -0.4 is 0 Å². The van der Waals surface area contributed by atoms with Crippen molar-refractivity contribution in [2.45, 2.75) is 13.0 Å². The maximum atomic E-state index is 10.7. The Bertz CT molecular complexity index is 183. The van der Waals surface area contributed by atoms with Crippen LogP contribution in [0.5, 0.6) is 0 Å². The Balaban J connectivity index is 3.56. The number of ether oxygens (including phenoxy) is 2. The molecule has 0 aliphatic rings. The van der Waals surface area contributed by atoms with Crippen LogP contribution in [0, 0.1) is 0 Å². The molecule has 6 heteroatoms. The van der Waals surface area contributed by atoms with Crippen molar-refractivity contribution in [2.75, 3.05) is 17.3 Å². The van der Waals surface area contributed by atoms with E-state index in [1.54, 1.807) is 6.92 Å². The number of alkyl halides is 2. The van der Waals surface area contributed by atoms with E-state index in [1.165, 1.54) is 0 Å². The molecule has 4 nitrogen and oxygen atoms in total. The minimum atomic E-state index is -0.409. The molecule has 0 aliphatic heterocycles. The summed E-state index contributed by atoms with van der Waals surface area (Å²) in [5.41, 5.74) is 0. The third-order valence-corrected chi connectivity index (χ3v) is 1.95. The largest absolute Gasteiger partial charge is 0.461 e. The molecule has 0 saturated heterocycles. The molecule has 0 spiro atoms. The fraction of sp³-hybridized carbons (Fsp3) is 0.714. The number of hydrogen-bond donors (Lipinski definition) is 0. The van der Waals surface area contributed by atoms with Crippen LogP contribution in [0.4, 0.5) is 0 Å². The molecule has 0 rings (SSSR count). The Hall–Kier alpha value is -0.100. The normalized spacial score (nSPS) is 11.9. The van der Waals surface area contributed by atoms with Gasteiger partial charge in [-0.15, -0.1) is 0 Å². The lowest BCUT2D eigenvalue weighted by Gasteiger charge is -2.11. The molecule has 0 N–H and O–H groups in total. The first-order chi connectivity index (χ1) is 6.10. The summed E-state index contributed by atoms with van der Waals surface area (Å²) >= 11 is 5.89. The molecule has 0 aliphatic carbocycles. The van der Waals surface area contributed by atoms with Crippen LogP contribution >= 0.6 is 31.9 Å². The minimum Gasteiger partial charge on any atom is -0.461 e. The maximum Gasteiger partial charge on any atom is 0.316 e. The van der Waals surface area contributed by atoms with Crippen molar-refractivity contribution in [3.8, 4) is 0 Å². The number of hydrogen-bond acceptors (Lipinski definition) is 4. The Morgan fingerprint density at radius 1 is 1.23 bits per heavy atom. The summed E-state index contributed by atoms with van der Waals surface area (Å²) in [5, 5.41) is 0.288. The summed E-state index contributed by atoms with van der Waals surface area (Å²) in [6.45, 7) is 1.74.